The van der Waals surface area contributed by atoms with Gasteiger partial charge in [0.15, 0.2) is 5.13 Å². The maximum Gasteiger partial charge on any atom is 0.282 e. The molecule has 126 valence electrons. The summed E-state index contributed by atoms with van der Waals surface area (Å²) in [7, 11) is 0. The average molecular weight is 361 g/mol. The third kappa shape index (κ3) is 3.50. The highest BCUT2D eigenvalue weighted by atomic mass is 32.1. The molecule has 0 saturated heterocycles. The molecule has 1 amide bonds. The molecule has 0 radical (unpaired) electrons. The quantitative estimate of drug-likeness (QED) is 0.556. The van der Waals surface area contributed by atoms with Crippen LogP contribution < -0.4 is 5.32 Å². The van der Waals surface area contributed by atoms with Gasteiger partial charge >= 0.3 is 0 Å². The largest absolute Gasteiger partial charge is 0.298 e. The number of nitro benzene ring substituents is 1. The Labute approximate surface area is 143 Å². The van der Waals surface area contributed by atoms with Crippen molar-refractivity contribution in [3.05, 3.63) is 75.2 Å². The van der Waals surface area contributed by atoms with Crippen LogP contribution in [0.2, 0.25) is 0 Å². The van der Waals surface area contributed by atoms with E-state index in [-0.39, 0.29) is 27.6 Å². The maximum absolute atomic E-state index is 13.8. The second-order valence-electron chi connectivity index (χ2n) is 4.89. The van der Waals surface area contributed by atoms with Crippen LogP contribution in [-0.4, -0.2) is 15.8 Å². The molecule has 0 aliphatic carbocycles. The summed E-state index contributed by atoms with van der Waals surface area (Å²) in [5, 5.41) is 15.0. The standard InChI is InChI=1S/C16H9F2N3O3S/c17-9-5-6-10(12(18)7-9)13-8-25-16(19-13)20-15(22)11-3-1-2-4-14(11)21(23)24/h1-8H,(H,19,20,22). The lowest BCUT2D eigenvalue weighted by Gasteiger charge is -2.03. The Morgan fingerprint density at radius 1 is 1.20 bits per heavy atom. The van der Waals surface area contributed by atoms with E-state index in [0.29, 0.717) is 0 Å². The predicted octanol–water partition coefficient (Wildman–Crippen LogP) is 4.25. The summed E-state index contributed by atoms with van der Waals surface area (Å²) < 4.78 is 26.7. The lowest BCUT2D eigenvalue weighted by molar-refractivity contribution is -0.385. The summed E-state index contributed by atoms with van der Waals surface area (Å²) >= 11 is 1.02. The number of nitrogens with zero attached hydrogens (tertiary/aromatic N) is 2. The second-order valence-corrected chi connectivity index (χ2v) is 5.75. The zero-order valence-corrected chi connectivity index (χ0v) is 13.2. The van der Waals surface area contributed by atoms with Gasteiger partial charge in [0.05, 0.1) is 10.6 Å². The molecule has 1 heterocycles. The fourth-order valence-electron chi connectivity index (χ4n) is 2.14. The van der Waals surface area contributed by atoms with Crippen LogP contribution >= 0.6 is 11.3 Å². The topological polar surface area (TPSA) is 85.1 Å². The number of nitro groups is 1. The number of hydrogen-bond acceptors (Lipinski definition) is 5. The molecule has 0 aliphatic heterocycles. The van der Waals surface area contributed by atoms with Crippen LogP contribution in [0, 0.1) is 21.7 Å². The number of para-hydroxylation sites is 1. The summed E-state index contributed by atoms with van der Waals surface area (Å²) in [5.41, 5.74) is -0.136. The number of carbonyl (C=O) groups is 1. The number of anilines is 1. The van der Waals surface area contributed by atoms with Crippen molar-refractivity contribution in [3.63, 3.8) is 0 Å². The van der Waals surface area contributed by atoms with Crippen LogP contribution in [0.15, 0.2) is 47.8 Å². The molecular formula is C16H9F2N3O3S. The van der Waals surface area contributed by atoms with Gasteiger partial charge in [0.2, 0.25) is 0 Å². The van der Waals surface area contributed by atoms with Crippen LogP contribution in [0.5, 0.6) is 0 Å². The van der Waals surface area contributed by atoms with Gasteiger partial charge < -0.3 is 0 Å². The highest BCUT2D eigenvalue weighted by Gasteiger charge is 2.20. The minimum absolute atomic E-state index is 0.0869. The van der Waals surface area contributed by atoms with Gasteiger partial charge in [-0.15, -0.1) is 11.3 Å². The fraction of sp³-hybridized carbons (Fsp3) is 0. The van der Waals surface area contributed by atoms with Gasteiger partial charge in [-0.1, -0.05) is 12.1 Å². The van der Waals surface area contributed by atoms with Crippen LogP contribution in [0.25, 0.3) is 11.3 Å². The molecule has 6 nitrogen and oxygen atoms in total. The van der Waals surface area contributed by atoms with Crippen molar-refractivity contribution in [2.24, 2.45) is 0 Å². The third-order valence-electron chi connectivity index (χ3n) is 3.28. The molecule has 0 spiro atoms. The molecule has 1 aromatic heterocycles. The first-order chi connectivity index (χ1) is 12.0. The van der Waals surface area contributed by atoms with Gasteiger partial charge in [-0.2, -0.15) is 0 Å². The first kappa shape index (κ1) is 16.7. The van der Waals surface area contributed by atoms with Gasteiger partial charge in [-0.25, -0.2) is 13.8 Å². The third-order valence-corrected chi connectivity index (χ3v) is 4.03. The number of nitrogens with one attached hydrogen (secondary N) is 1. The fourth-order valence-corrected chi connectivity index (χ4v) is 2.85. The molecule has 3 rings (SSSR count). The van der Waals surface area contributed by atoms with Crippen LogP contribution in [0.3, 0.4) is 0 Å². The Bertz CT molecular complexity index is 975. The van der Waals surface area contributed by atoms with E-state index in [1.165, 1.54) is 35.7 Å². The number of halogens is 2. The molecule has 0 bridgehead atoms. The van der Waals surface area contributed by atoms with Crippen LogP contribution in [-0.2, 0) is 0 Å². The Balaban J connectivity index is 1.84. The number of carbonyl (C=O) groups excluding carboxylic acids is 1. The van der Waals surface area contributed by atoms with Crippen LogP contribution in [0.1, 0.15) is 10.4 Å². The van der Waals surface area contributed by atoms with E-state index in [1.54, 1.807) is 0 Å². The summed E-state index contributed by atoms with van der Waals surface area (Å²) in [6, 6.07) is 8.57. The molecule has 0 unspecified atom stereocenters. The number of amides is 1. The number of aromatic nitrogens is 1. The first-order valence-corrected chi connectivity index (χ1v) is 7.79. The monoisotopic (exact) mass is 361 g/mol. The van der Waals surface area contributed by atoms with Gasteiger partial charge in [0.25, 0.3) is 11.6 Å². The van der Waals surface area contributed by atoms with E-state index in [0.717, 1.165) is 23.5 Å². The van der Waals surface area contributed by atoms with E-state index < -0.39 is 22.5 Å². The Hall–Kier alpha value is -3.20. The molecule has 3 aromatic rings. The summed E-state index contributed by atoms with van der Waals surface area (Å²) in [5.74, 6) is -2.18. The molecule has 0 atom stereocenters. The minimum atomic E-state index is -0.776. The molecular weight excluding hydrogens is 352 g/mol. The Morgan fingerprint density at radius 2 is 1.96 bits per heavy atom. The van der Waals surface area contributed by atoms with Crippen molar-refractivity contribution in [3.8, 4) is 11.3 Å². The van der Waals surface area contributed by atoms with E-state index >= 15 is 0 Å². The molecule has 0 aliphatic rings. The zero-order valence-electron chi connectivity index (χ0n) is 12.4. The lowest BCUT2D eigenvalue weighted by atomic mass is 10.1. The minimum Gasteiger partial charge on any atom is -0.298 e. The van der Waals surface area contributed by atoms with Crippen molar-refractivity contribution in [1.82, 2.24) is 4.98 Å². The van der Waals surface area contributed by atoms with Crippen molar-refractivity contribution in [2.75, 3.05) is 5.32 Å². The molecule has 0 fully saturated rings. The smallest absolute Gasteiger partial charge is 0.282 e. The van der Waals surface area contributed by atoms with E-state index in [4.69, 9.17) is 0 Å². The predicted molar refractivity (Wildman–Crippen MR) is 88.5 cm³/mol. The van der Waals surface area contributed by atoms with Crippen molar-refractivity contribution in [1.29, 1.82) is 0 Å². The average Bonchev–Trinajstić information content (AvgIpc) is 3.02. The van der Waals surface area contributed by atoms with Gasteiger partial charge in [0.1, 0.15) is 17.2 Å². The van der Waals surface area contributed by atoms with Crippen molar-refractivity contribution >= 4 is 28.1 Å². The molecule has 25 heavy (non-hydrogen) atoms. The second kappa shape index (κ2) is 6.73. The summed E-state index contributed by atoms with van der Waals surface area (Å²) in [6.45, 7) is 0. The summed E-state index contributed by atoms with van der Waals surface area (Å²) in [4.78, 5) is 26.6. The normalized spacial score (nSPS) is 10.5. The van der Waals surface area contributed by atoms with Gasteiger partial charge in [-0.05, 0) is 18.2 Å². The number of hydrogen-bond donors (Lipinski definition) is 1. The van der Waals surface area contributed by atoms with Crippen molar-refractivity contribution < 1.29 is 18.5 Å². The highest BCUT2D eigenvalue weighted by Crippen LogP contribution is 2.28. The van der Waals surface area contributed by atoms with E-state index in [2.05, 4.69) is 10.3 Å². The maximum atomic E-state index is 13.8. The summed E-state index contributed by atoms with van der Waals surface area (Å²) in [6.07, 6.45) is 0. The van der Waals surface area contributed by atoms with E-state index in [1.807, 2.05) is 0 Å². The van der Waals surface area contributed by atoms with Gasteiger partial charge in [0, 0.05) is 23.1 Å². The SMILES string of the molecule is O=C(Nc1nc(-c2ccc(F)cc2F)cs1)c1ccccc1[N+](=O)[O-]. The zero-order chi connectivity index (χ0) is 18.0. The Morgan fingerprint density at radius 3 is 2.68 bits per heavy atom. The number of rotatable bonds is 4. The molecule has 2 aromatic carbocycles. The first-order valence-electron chi connectivity index (χ1n) is 6.91. The van der Waals surface area contributed by atoms with Gasteiger partial charge in [-0.3, -0.25) is 20.2 Å². The number of benzene rings is 2. The number of thiazole rings is 1. The van der Waals surface area contributed by atoms with E-state index in [9.17, 15) is 23.7 Å². The van der Waals surface area contributed by atoms with Crippen molar-refractivity contribution in [2.45, 2.75) is 0 Å². The van der Waals surface area contributed by atoms with Crippen LogP contribution in [0.4, 0.5) is 19.6 Å². The Kier molecular flexibility index (Phi) is 4.48. The molecule has 0 saturated carbocycles. The lowest BCUT2D eigenvalue weighted by Crippen LogP contribution is -2.13. The molecule has 9 heteroatoms. The highest BCUT2D eigenvalue weighted by molar-refractivity contribution is 7.14. The molecule has 1 N–H and O–H groups in total.